The zero-order chi connectivity index (χ0) is 12.0. The van der Waals surface area contributed by atoms with Crippen LogP contribution in [0.5, 0.6) is 0 Å². The summed E-state index contributed by atoms with van der Waals surface area (Å²) in [6, 6.07) is 0. The molecule has 2 unspecified atom stereocenters. The smallest absolute Gasteiger partial charge is 0.0741 e. The average Bonchev–Trinajstić information content (AvgIpc) is 2.25. The van der Waals surface area contributed by atoms with Gasteiger partial charge in [-0.15, -0.1) is 0 Å². The normalized spacial score (nSPS) is 26.6. The largest absolute Gasteiger partial charge is 0.389 e. The summed E-state index contributed by atoms with van der Waals surface area (Å²) in [5, 5.41) is 9.74. The summed E-state index contributed by atoms with van der Waals surface area (Å²) >= 11 is 0. The number of ether oxygens (including phenoxy) is 1. The van der Waals surface area contributed by atoms with Gasteiger partial charge in [0.25, 0.3) is 0 Å². The first-order chi connectivity index (χ1) is 7.53. The van der Waals surface area contributed by atoms with Gasteiger partial charge in [0.1, 0.15) is 0 Å². The van der Waals surface area contributed by atoms with Crippen LogP contribution in [0.15, 0.2) is 0 Å². The number of aliphatic hydroxyl groups is 1. The van der Waals surface area contributed by atoms with Crippen LogP contribution >= 0.6 is 0 Å². The lowest BCUT2D eigenvalue weighted by Gasteiger charge is -2.31. The highest BCUT2D eigenvalue weighted by molar-refractivity contribution is 4.74. The van der Waals surface area contributed by atoms with Crippen molar-refractivity contribution in [2.24, 2.45) is 5.73 Å². The Balaban J connectivity index is 2.06. The van der Waals surface area contributed by atoms with Gasteiger partial charge in [0, 0.05) is 19.6 Å². The van der Waals surface area contributed by atoms with Gasteiger partial charge in [-0.3, -0.25) is 4.90 Å². The molecule has 16 heavy (non-hydrogen) atoms. The number of hydrogen-bond acceptors (Lipinski definition) is 4. The fourth-order valence-corrected chi connectivity index (χ4v) is 2.04. The molecule has 1 aliphatic heterocycles. The molecule has 1 saturated heterocycles. The van der Waals surface area contributed by atoms with E-state index in [2.05, 4.69) is 11.8 Å². The van der Waals surface area contributed by atoms with E-state index in [0.29, 0.717) is 12.6 Å². The molecule has 1 heterocycles. The lowest BCUT2D eigenvalue weighted by atomic mass is 9.99. The van der Waals surface area contributed by atoms with E-state index in [9.17, 15) is 5.11 Å². The van der Waals surface area contributed by atoms with Gasteiger partial charge < -0.3 is 15.6 Å². The summed E-state index contributed by atoms with van der Waals surface area (Å²) in [5.41, 5.74) is 4.79. The minimum atomic E-state index is -0.682. The summed E-state index contributed by atoms with van der Waals surface area (Å²) in [7, 11) is 0. The van der Waals surface area contributed by atoms with E-state index >= 15 is 0 Å². The lowest BCUT2D eigenvalue weighted by molar-refractivity contribution is -0.0193. The average molecular weight is 230 g/mol. The molecule has 0 aromatic carbocycles. The van der Waals surface area contributed by atoms with Gasteiger partial charge in [0.15, 0.2) is 0 Å². The molecule has 3 N–H and O–H groups in total. The number of nitrogens with two attached hydrogens (primary N) is 1. The SMILES string of the molecule is CC1CN(CCCCC(C)(O)CN)CCO1. The molecule has 4 nitrogen and oxygen atoms in total. The number of rotatable bonds is 6. The fraction of sp³-hybridized carbons (Fsp3) is 1.00. The van der Waals surface area contributed by atoms with Crippen LogP contribution in [0.4, 0.5) is 0 Å². The van der Waals surface area contributed by atoms with Gasteiger partial charge in [0.2, 0.25) is 0 Å². The van der Waals surface area contributed by atoms with Crippen molar-refractivity contribution in [3.63, 3.8) is 0 Å². The van der Waals surface area contributed by atoms with Gasteiger partial charge in [-0.25, -0.2) is 0 Å². The molecule has 0 saturated carbocycles. The third kappa shape index (κ3) is 5.25. The minimum absolute atomic E-state index is 0.349. The zero-order valence-corrected chi connectivity index (χ0v) is 10.6. The Hall–Kier alpha value is -0.160. The Labute approximate surface area is 98.8 Å². The predicted molar refractivity (Wildman–Crippen MR) is 65.4 cm³/mol. The first-order valence-electron chi connectivity index (χ1n) is 6.30. The van der Waals surface area contributed by atoms with Crippen molar-refractivity contribution in [1.82, 2.24) is 4.90 Å². The molecule has 4 heteroatoms. The maximum Gasteiger partial charge on any atom is 0.0741 e. The third-order valence-electron chi connectivity index (χ3n) is 3.20. The summed E-state index contributed by atoms with van der Waals surface area (Å²) in [6.45, 7) is 8.30. The van der Waals surface area contributed by atoms with Crippen LogP contribution in [0, 0.1) is 0 Å². The Morgan fingerprint density at radius 2 is 2.25 bits per heavy atom. The standard InChI is InChI=1S/C12H26N2O2/c1-11-9-14(7-8-16-11)6-4-3-5-12(2,15)10-13/h11,15H,3-10,13H2,1-2H3. The van der Waals surface area contributed by atoms with Crippen molar-refractivity contribution >= 4 is 0 Å². The molecule has 1 fully saturated rings. The quantitative estimate of drug-likeness (QED) is 0.656. The Morgan fingerprint density at radius 3 is 2.88 bits per heavy atom. The molecule has 0 radical (unpaired) electrons. The fourth-order valence-electron chi connectivity index (χ4n) is 2.04. The number of unbranched alkanes of at least 4 members (excludes halogenated alkanes) is 1. The van der Waals surface area contributed by atoms with Gasteiger partial charge in [-0.2, -0.15) is 0 Å². The molecule has 1 aliphatic rings. The molecule has 0 aliphatic carbocycles. The van der Waals surface area contributed by atoms with Crippen LogP contribution in [0.2, 0.25) is 0 Å². The van der Waals surface area contributed by atoms with E-state index in [1.165, 1.54) is 0 Å². The van der Waals surface area contributed by atoms with Crippen molar-refractivity contribution in [3.05, 3.63) is 0 Å². The van der Waals surface area contributed by atoms with E-state index < -0.39 is 5.60 Å². The molecule has 0 spiro atoms. The lowest BCUT2D eigenvalue weighted by Crippen LogP contribution is -2.41. The predicted octanol–water partition coefficient (Wildman–Crippen LogP) is 0.587. The van der Waals surface area contributed by atoms with Crippen LogP contribution in [-0.4, -0.2) is 54.5 Å². The third-order valence-corrected chi connectivity index (χ3v) is 3.20. The highest BCUT2D eigenvalue weighted by Crippen LogP contribution is 2.13. The van der Waals surface area contributed by atoms with Gasteiger partial charge >= 0.3 is 0 Å². The number of nitrogens with zero attached hydrogens (tertiary/aromatic N) is 1. The van der Waals surface area contributed by atoms with E-state index in [4.69, 9.17) is 10.5 Å². The Bertz CT molecular complexity index is 197. The number of morpholine rings is 1. The molecular weight excluding hydrogens is 204 g/mol. The summed E-state index contributed by atoms with van der Waals surface area (Å²) in [4.78, 5) is 2.44. The van der Waals surface area contributed by atoms with Crippen LogP contribution < -0.4 is 5.73 Å². The van der Waals surface area contributed by atoms with Crippen LogP contribution in [0.1, 0.15) is 33.1 Å². The maximum absolute atomic E-state index is 9.74. The van der Waals surface area contributed by atoms with Gasteiger partial charge in [-0.1, -0.05) is 0 Å². The van der Waals surface area contributed by atoms with Crippen LogP contribution in [0.25, 0.3) is 0 Å². The Morgan fingerprint density at radius 1 is 1.50 bits per heavy atom. The molecule has 1 rings (SSSR count). The molecule has 96 valence electrons. The van der Waals surface area contributed by atoms with Crippen LogP contribution in [0.3, 0.4) is 0 Å². The molecule has 0 aromatic heterocycles. The van der Waals surface area contributed by atoms with E-state index in [-0.39, 0.29) is 0 Å². The second kappa shape index (κ2) is 6.55. The zero-order valence-electron chi connectivity index (χ0n) is 10.6. The van der Waals surface area contributed by atoms with E-state index in [0.717, 1.165) is 45.5 Å². The molecule has 2 atom stereocenters. The highest BCUT2D eigenvalue weighted by Gasteiger charge is 2.18. The topological polar surface area (TPSA) is 58.7 Å². The Kier molecular flexibility index (Phi) is 5.69. The monoisotopic (exact) mass is 230 g/mol. The van der Waals surface area contributed by atoms with Crippen molar-refractivity contribution < 1.29 is 9.84 Å². The van der Waals surface area contributed by atoms with E-state index in [1.54, 1.807) is 0 Å². The molecule has 0 bridgehead atoms. The second-order valence-electron chi connectivity index (χ2n) is 5.14. The van der Waals surface area contributed by atoms with Gasteiger partial charge in [0.05, 0.1) is 18.3 Å². The van der Waals surface area contributed by atoms with Crippen LogP contribution in [-0.2, 0) is 4.74 Å². The number of hydrogen-bond donors (Lipinski definition) is 2. The minimum Gasteiger partial charge on any atom is -0.389 e. The maximum atomic E-state index is 9.74. The second-order valence-corrected chi connectivity index (χ2v) is 5.14. The van der Waals surface area contributed by atoms with E-state index in [1.807, 2.05) is 6.92 Å². The first kappa shape index (κ1) is 13.9. The van der Waals surface area contributed by atoms with Crippen molar-refractivity contribution in [2.45, 2.75) is 44.8 Å². The molecule has 0 amide bonds. The van der Waals surface area contributed by atoms with Crippen molar-refractivity contribution in [1.29, 1.82) is 0 Å². The molecule has 0 aromatic rings. The van der Waals surface area contributed by atoms with Crippen molar-refractivity contribution in [2.75, 3.05) is 32.8 Å². The van der Waals surface area contributed by atoms with Crippen molar-refractivity contribution in [3.8, 4) is 0 Å². The summed E-state index contributed by atoms with van der Waals surface area (Å²) < 4.78 is 5.49. The van der Waals surface area contributed by atoms with Gasteiger partial charge in [-0.05, 0) is 39.7 Å². The summed E-state index contributed by atoms with van der Waals surface area (Å²) in [6.07, 6.45) is 3.32. The first-order valence-corrected chi connectivity index (χ1v) is 6.30. The molecular formula is C12H26N2O2. The summed E-state index contributed by atoms with van der Waals surface area (Å²) in [5.74, 6) is 0. The highest BCUT2D eigenvalue weighted by atomic mass is 16.5.